The molecule has 0 aliphatic heterocycles. The lowest BCUT2D eigenvalue weighted by molar-refractivity contribution is -0.138. The van der Waals surface area contributed by atoms with Gasteiger partial charge in [0, 0.05) is 25.1 Å². The summed E-state index contributed by atoms with van der Waals surface area (Å²) in [6.45, 7) is 0.944. The normalized spacial score (nSPS) is 16.7. The van der Waals surface area contributed by atoms with Crippen LogP contribution in [0.4, 0.5) is 32.0 Å². The molecule has 2 aromatic rings. The maximum absolute atomic E-state index is 13.7. The standard InChI is InChI=1S/C20H20F6N4O2/c1-10-15(20(24,25)26)16(30(29-10)9-11-4-6-19(22,23)7-5-11)18(32)28-12-2-3-14(21)13(8-12)17(27)31/h2-3,8,11H,4-7,9H2,1H3,(H2,27,31)(H,28,32). The van der Waals surface area contributed by atoms with Gasteiger partial charge >= 0.3 is 6.18 Å². The number of hydrogen-bond acceptors (Lipinski definition) is 3. The van der Waals surface area contributed by atoms with E-state index >= 15 is 0 Å². The molecule has 1 fully saturated rings. The summed E-state index contributed by atoms with van der Waals surface area (Å²) in [5.74, 6) is -6.46. The molecule has 174 valence electrons. The van der Waals surface area contributed by atoms with Gasteiger partial charge in [-0.2, -0.15) is 18.3 Å². The molecule has 0 radical (unpaired) electrons. The Morgan fingerprint density at radius 3 is 2.44 bits per heavy atom. The Bertz CT molecular complexity index is 1040. The number of alkyl halides is 5. The molecule has 0 spiro atoms. The Balaban J connectivity index is 1.94. The monoisotopic (exact) mass is 462 g/mol. The lowest BCUT2D eigenvalue weighted by atomic mass is 9.87. The van der Waals surface area contributed by atoms with Crippen molar-refractivity contribution in [2.75, 3.05) is 5.32 Å². The second-order valence-electron chi connectivity index (χ2n) is 7.80. The van der Waals surface area contributed by atoms with Crippen LogP contribution in [0.3, 0.4) is 0 Å². The zero-order chi connectivity index (χ0) is 23.8. The molecule has 2 amide bonds. The van der Waals surface area contributed by atoms with Crippen molar-refractivity contribution in [1.29, 1.82) is 0 Å². The van der Waals surface area contributed by atoms with E-state index in [4.69, 9.17) is 5.73 Å². The topological polar surface area (TPSA) is 90.0 Å². The second-order valence-corrected chi connectivity index (χ2v) is 7.80. The molecule has 0 saturated heterocycles. The Morgan fingerprint density at radius 2 is 1.88 bits per heavy atom. The molecule has 3 rings (SSSR count). The SMILES string of the molecule is Cc1nn(CC2CCC(F)(F)CC2)c(C(=O)Nc2ccc(F)c(C(N)=O)c2)c1C(F)(F)F. The van der Waals surface area contributed by atoms with Crippen LogP contribution in [0.2, 0.25) is 0 Å². The van der Waals surface area contributed by atoms with Gasteiger partial charge in [0.2, 0.25) is 5.92 Å². The molecule has 3 N–H and O–H groups in total. The average Bonchev–Trinajstić information content (AvgIpc) is 3.01. The number of aryl methyl sites for hydroxylation is 1. The minimum Gasteiger partial charge on any atom is -0.366 e. The van der Waals surface area contributed by atoms with Crippen LogP contribution in [0.1, 0.15) is 57.8 Å². The Morgan fingerprint density at radius 1 is 1.25 bits per heavy atom. The fourth-order valence-corrected chi connectivity index (χ4v) is 3.79. The molecule has 1 aromatic heterocycles. The van der Waals surface area contributed by atoms with Crippen LogP contribution < -0.4 is 11.1 Å². The first-order chi connectivity index (χ1) is 14.8. The first-order valence-corrected chi connectivity index (χ1v) is 9.71. The van der Waals surface area contributed by atoms with Gasteiger partial charge in [-0.25, -0.2) is 13.2 Å². The van der Waals surface area contributed by atoms with Crippen molar-refractivity contribution in [3.63, 3.8) is 0 Å². The van der Waals surface area contributed by atoms with Crippen molar-refractivity contribution < 1.29 is 35.9 Å². The summed E-state index contributed by atoms with van der Waals surface area (Å²) in [6, 6.07) is 2.80. The number of carbonyl (C=O) groups excluding carboxylic acids is 2. The number of nitrogens with two attached hydrogens (primary N) is 1. The van der Waals surface area contributed by atoms with Gasteiger partial charge < -0.3 is 11.1 Å². The van der Waals surface area contributed by atoms with Crippen molar-refractivity contribution in [3.8, 4) is 0 Å². The molecule has 6 nitrogen and oxygen atoms in total. The number of halogens is 6. The number of hydrogen-bond donors (Lipinski definition) is 2. The van der Waals surface area contributed by atoms with E-state index in [-0.39, 0.29) is 31.0 Å². The zero-order valence-electron chi connectivity index (χ0n) is 16.9. The van der Waals surface area contributed by atoms with Gasteiger partial charge in [0.15, 0.2) is 0 Å². The first kappa shape index (κ1) is 23.6. The van der Waals surface area contributed by atoms with Crippen LogP contribution in [-0.2, 0) is 12.7 Å². The lowest BCUT2D eigenvalue weighted by Crippen LogP contribution is -2.29. The van der Waals surface area contributed by atoms with E-state index in [1.165, 1.54) is 0 Å². The minimum absolute atomic E-state index is 0.0776. The maximum atomic E-state index is 13.7. The molecule has 32 heavy (non-hydrogen) atoms. The van der Waals surface area contributed by atoms with Crippen molar-refractivity contribution in [2.45, 2.75) is 51.3 Å². The number of rotatable bonds is 5. The predicted molar refractivity (Wildman–Crippen MR) is 102 cm³/mol. The highest BCUT2D eigenvalue weighted by atomic mass is 19.4. The molecular weight excluding hydrogens is 442 g/mol. The van der Waals surface area contributed by atoms with E-state index in [9.17, 15) is 35.9 Å². The van der Waals surface area contributed by atoms with Crippen LogP contribution in [0, 0.1) is 18.7 Å². The fraction of sp³-hybridized carbons (Fsp3) is 0.450. The highest BCUT2D eigenvalue weighted by Crippen LogP contribution is 2.39. The van der Waals surface area contributed by atoms with Crippen molar-refractivity contribution >= 4 is 17.5 Å². The summed E-state index contributed by atoms with van der Waals surface area (Å²) < 4.78 is 82.4. The van der Waals surface area contributed by atoms with Gasteiger partial charge in [0.25, 0.3) is 11.8 Å². The summed E-state index contributed by atoms with van der Waals surface area (Å²) in [6.07, 6.45) is -5.54. The average molecular weight is 462 g/mol. The first-order valence-electron chi connectivity index (χ1n) is 9.71. The zero-order valence-corrected chi connectivity index (χ0v) is 16.9. The van der Waals surface area contributed by atoms with Gasteiger partial charge in [-0.15, -0.1) is 0 Å². The summed E-state index contributed by atoms with van der Waals surface area (Å²) in [4.78, 5) is 24.1. The van der Waals surface area contributed by atoms with E-state index in [0.29, 0.717) is 0 Å². The van der Waals surface area contributed by atoms with E-state index in [2.05, 4.69) is 10.4 Å². The largest absolute Gasteiger partial charge is 0.420 e. The molecule has 1 aromatic carbocycles. The molecular formula is C20H20F6N4O2. The highest BCUT2D eigenvalue weighted by molar-refractivity contribution is 6.05. The molecule has 1 saturated carbocycles. The van der Waals surface area contributed by atoms with Crippen molar-refractivity contribution in [1.82, 2.24) is 9.78 Å². The minimum atomic E-state index is -4.91. The van der Waals surface area contributed by atoms with Crippen LogP contribution in [0.5, 0.6) is 0 Å². The van der Waals surface area contributed by atoms with Gasteiger partial charge in [-0.3, -0.25) is 14.3 Å². The highest BCUT2D eigenvalue weighted by Gasteiger charge is 2.42. The van der Waals surface area contributed by atoms with E-state index in [0.717, 1.165) is 29.8 Å². The number of benzene rings is 1. The van der Waals surface area contributed by atoms with Gasteiger partial charge in [0.05, 0.1) is 11.3 Å². The smallest absolute Gasteiger partial charge is 0.366 e. The van der Waals surface area contributed by atoms with E-state index in [1.54, 1.807) is 0 Å². The second kappa shape index (κ2) is 8.47. The molecule has 12 heteroatoms. The Kier molecular flexibility index (Phi) is 6.25. The van der Waals surface area contributed by atoms with Crippen LogP contribution >= 0.6 is 0 Å². The molecule has 1 heterocycles. The quantitative estimate of drug-likeness (QED) is 0.640. The van der Waals surface area contributed by atoms with Crippen LogP contribution in [-0.4, -0.2) is 27.5 Å². The molecule has 1 aliphatic rings. The summed E-state index contributed by atoms with van der Waals surface area (Å²) >= 11 is 0. The summed E-state index contributed by atoms with van der Waals surface area (Å²) in [5.41, 5.74) is 1.85. The summed E-state index contributed by atoms with van der Waals surface area (Å²) in [7, 11) is 0. The maximum Gasteiger partial charge on any atom is 0.420 e. The lowest BCUT2D eigenvalue weighted by Gasteiger charge is -2.28. The molecule has 1 aliphatic carbocycles. The third kappa shape index (κ3) is 5.05. The number of primary amides is 1. The number of aromatic nitrogens is 2. The molecule has 0 unspecified atom stereocenters. The van der Waals surface area contributed by atoms with Crippen molar-refractivity contribution in [3.05, 3.63) is 46.5 Å². The van der Waals surface area contributed by atoms with Crippen LogP contribution in [0.25, 0.3) is 0 Å². The van der Waals surface area contributed by atoms with Crippen LogP contribution in [0.15, 0.2) is 18.2 Å². The van der Waals surface area contributed by atoms with Gasteiger partial charge in [-0.05, 0) is 43.9 Å². The van der Waals surface area contributed by atoms with E-state index in [1.807, 2.05) is 0 Å². The number of nitrogens with zero attached hydrogens (tertiary/aromatic N) is 2. The Hall–Kier alpha value is -3.05. The van der Waals surface area contributed by atoms with Crippen molar-refractivity contribution in [2.24, 2.45) is 11.7 Å². The van der Waals surface area contributed by atoms with E-state index < -0.39 is 65.1 Å². The van der Waals surface area contributed by atoms with Gasteiger partial charge in [0.1, 0.15) is 17.1 Å². The molecule has 0 atom stereocenters. The van der Waals surface area contributed by atoms with Gasteiger partial charge in [-0.1, -0.05) is 0 Å². The predicted octanol–water partition coefficient (Wildman–Crippen LogP) is 4.53. The number of nitrogens with one attached hydrogen (secondary N) is 1. The fourth-order valence-electron chi connectivity index (χ4n) is 3.79. The third-order valence-electron chi connectivity index (χ3n) is 5.38. The number of carbonyl (C=O) groups is 2. The molecule has 0 bridgehead atoms. The third-order valence-corrected chi connectivity index (χ3v) is 5.38. The Labute approximate surface area is 178 Å². The summed E-state index contributed by atoms with van der Waals surface area (Å²) in [5, 5.41) is 6.05. The number of anilines is 1. The number of amides is 2.